The van der Waals surface area contributed by atoms with E-state index in [2.05, 4.69) is 5.32 Å². The number of aromatic nitrogens is 1. The van der Waals surface area contributed by atoms with Crippen molar-refractivity contribution in [1.82, 2.24) is 15.2 Å². The van der Waals surface area contributed by atoms with Gasteiger partial charge in [-0.25, -0.2) is 9.37 Å². The lowest BCUT2D eigenvalue weighted by molar-refractivity contribution is -0.120. The molecule has 1 aliphatic heterocycles. The van der Waals surface area contributed by atoms with Crippen molar-refractivity contribution in [2.45, 2.75) is 38.5 Å². The fraction of sp³-hybridized carbons (Fsp3) is 0.450. The van der Waals surface area contributed by atoms with Gasteiger partial charge in [0.1, 0.15) is 5.82 Å². The SMILES string of the molecule is CCC(=O)NCCc1csc(C2CCN(C(=O)c3cc(F)ccc3Cl)CC2)n1. The van der Waals surface area contributed by atoms with E-state index in [4.69, 9.17) is 16.6 Å². The van der Waals surface area contributed by atoms with Gasteiger partial charge in [0.25, 0.3) is 5.91 Å². The van der Waals surface area contributed by atoms with Crippen LogP contribution in [0.1, 0.15) is 53.2 Å². The quantitative estimate of drug-likeness (QED) is 0.763. The molecular weight excluding hydrogens is 401 g/mol. The lowest BCUT2D eigenvalue weighted by atomic mass is 9.97. The molecule has 5 nitrogen and oxygen atoms in total. The summed E-state index contributed by atoms with van der Waals surface area (Å²) in [5.41, 5.74) is 1.20. The van der Waals surface area contributed by atoms with E-state index in [1.807, 2.05) is 12.3 Å². The summed E-state index contributed by atoms with van der Waals surface area (Å²) in [5.74, 6) is -0.329. The van der Waals surface area contributed by atoms with Gasteiger partial charge in [-0.15, -0.1) is 11.3 Å². The topological polar surface area (TPSA) is 62.3 Å². The van der Waals surface area contributed by atoms with Crippen molar-refractivity contribution in [3.05, 3.63) is 50.7 Å². The fourth-order valence-corrected chi connectivity index (χ4v) is 4.47. The van der Waals surface area contributed by atoms with Crippen LogP contribution in [-0.2, 0) is 11.2 Å². The first kappa shape index (κ1) is 20.7. The van der Waals surface area contributed by atoms with Crippen LogP contribution in [0, 0.1) is 5.82 Å². The Morgan fingerprint density at radius 2 is 2.11 bits per heavy atom. The minimum Gasteiger partial charge on any atom is -0.356 e. The number of rotatable bonds is 6. The molecule has 3 rings (SSSR count). The van der Waals surface area contributed by atoms with Crippen LogP contribution in [0.5, 0.6) is 0 Å². The number of thiazole rings is 1. The molecule has 0 spiro atoms. The number of carbonyl (C=O) groups excluding carboxylic acids is 2. The van der Waals surface area contributed by atoms with Gasteiger partial charge in [-0.3, -0.25) is 9.59 Å². The van der Waals surface area contributed by atoms with E-state index in [0.717, 1.165) is 30.0 Å². The molecule has 0 aliphatic carbocycles. The molecule has 0 saturated carbocycles. The Morgan fingerprint density at radius 3 is 2.82 bits per heavy atom. The molecule has 1 saturated heterocycles. The molecule has 0 radical (unpaired) electrons. The van der Waals surface area contributed by atoms with E-state index in [0.29, 0.717) is 32.0 Å². The average Bonchev–Trinajstić information content (AvgIpc) is 3.18. The van der Waals surface area contributed by atoms with Crippen LogP contribution in [0.4, 0.5) is 4.39 Å². The number of carbonyl (C=O) groups is 2. The highest BCUT2D eigenvalue weighted by atomic mass is 35.5. The highest BCUT2D eigenvalue weighted by Gasteiger charge is 2.27. The third-order valence-corrected chi connectivity index (χ3v) is 6.27. The zero-order valence-corrected chi connectivity index (χ0v) is 17.3. The predicted molar refractivity (Wildman–Crippen MR) is 108 cm³/mol. The first-order valence-corrected chi connectivity index (χ1v) is 10.7. The van der Waals surface area contributed by atoms with E-state index in [1.165, 1.54) is 18.2 Å². The monoisotopic (exact) mass is 423 g/mol. The number of halogens is 2. The molecule has 1 aliphatic rings. The van der Waals surface area contributed by atoms with Crippen molar-refractivity contribution >= 4 is 34.8 Å². The highest BCUT2D eigenvalue weighted by Crippen LogP contribution is 2.31. The van der Waals surface area contributed by atoms with E-state index in [-0.39, 0.29) is 22.4 Å². The zero-order chi connectivity index (χ0) is 20.1. The minimum absolute atomic E-state index is 0.0471. The molecule has 8 heteroatoms. The zero-order valence-electron chi connectivity index (χ0n) is 15.7. The van der Waals surface area contributed by atoms with Gasteiger partial charge in [0.15, 0.2) is 0 Å². The fourth-order valence-electron chi connectivity index (χ4n) is 3.24. The molecule has 1 aromatic carbocycles. The summed E-state index contributed by atoms with van der Waals surface area (Å²) < 4.78 is 13.5. The van der Waals surface area contributed by atoms with Crippen molar-refractivity contribution in [3.8, 4) is 0 Å². The Bertz CT molecular complexity index is 850. The molecular formula is C20H23ClFN3O2S. The second-order valence-corrected chi connectivity index (χ2v) is 8.12. The van der Waals surface area contributed by atoms with Crippen molar-refractivity contribution in [2.24, 2.45) is 0 Å². The third-order valence-electron chi connectivity index (χ3n) is 4.88. The van der Waals surface area contributed by atoms with Gasteiger partial charge in [-0.05, 0) is 31.0 Å². The molecule has 2 aromatic rings. The number of hydrogen-bond donors (Lipinski definition) is 1. The van der Waals surface area contributed by atoms with Gasteiger partial charge in [0.2, 0.25) is 5.91 Å². The number of nitrogens with one attached hydrogen (secondary N) is 1. The Kier molecular flexibility index (Phi) is 7.02. The summed E-state index contributed by atoms with van der Waals surface area (Å²) in [6.45, 7) is 3.61. The Hall–Kier alpha value is -1.99. The number of benzene rings is 1. The van der Waals surface area contributed by atoms with Gasteiger partial charge in [-0.2, -0.15) is 0 Å². The molecule has 28 heavy (non-hydrogen) atoms. The number of amides is 2. The molecule has 1 N–H and O–H groups in total. The number of piperidine rings is 1. The Morgan fingerprint density at radius 1 is 1.36 bits per heavy atom. The molecule has 1 fully saturated rings. The van der Waals surface area contributed by atoms with Gasteiger partial charge in [0, 0.05) is 43.8 Å². The van der Waals surface area contributed by atoms with E-state index in [1.54, 1.807) is 16.2 Å². The number of hydrogen-bond acceptors (Lipinski definition) is 4. The van der Waals surface area contributed by atoms with E-state index >= 15 is 0 Å². The molecule has 0 unspecified atom stereocenters. The van der Waals surface area contributed by atoms with Crippen LogP contribution in [0.15, 0.2) is 23.6 Å². The lowest BCUT2D eigenvalue weighted by Crippen LogP contribution is -2.38. The van der Waals surface area contributed by atoms with E-state index < -0.39 is 5.82 Å². The molecule has 0 atom stereocenters. The largest absolute Gasteiger partial charge is 0.356 e. The summed E-state index contributed by atoms with van der Waals surface area (Å²) in [4.78, 5) is 30.4. The van der Waals surface area contributed by atoms with Crippen LogP contribution < -0.4 is 5.32 Å². The summed E-state index contributed by atoms with van der Waals surface area (Å²) in [5, 5.41) is 6.24. The number of nitrogens with zero attached hydrogens (tertiary/aromatic N) is 2. The molecule has 150 valence electrons. The van der Waals surface area contributed by atoms with Crippen molar-refractivity contribution in [2.75, 3.05) is 19.6 Å². The maximum absolute atomic E-state index is 13.5. The molecule has 1 aromatic heterocycles. The molecule has 2 amide bonds. The van der Waals surface area contributed by atoms with Crippen LogP contribution in [0.25, 0.3) is 0 Å². The van der Waals surface area contributed by atoms with Crippen molar-refractivity contribution < 1.29 is 14.0 Å². The molecule has 2 heterocycles. The van der Waals surface area contributed by atoms with Crippen LogP contribution in [-0.4, -0.2) is 41.3 Å². The van der Waals surface area contributed by atoms with Gasteiger partial charge >= 0.3 is 0 Å². The predicted octanol–water partition coefficient (Wildman–Crippen LogP) is 4.02. The first-order chi connectivity index (χ1) is 13.5. The van der Waals surface area contributed by atoms with Crippen LogP contribution >= 0.6 is 22.9 Å². The Labute approximate surface area is 172 Å². The average molecular weight is 424 g/mol. The maximum atomic E-state index is 13.5. The van der Waals surface area contributed by atoms with Crippen LogP contribution in [0.3, 0.4) is 0 Å². The maximum Gasteiger partial charge on any atom is 0.255 e. The van der Waals surface area contributed by atoms with Crippen LogP contribution in [0.2, 0.25) is 5.02 Å². The second kappa shape index (κ2) is 9.47. The third kappa shape index (κ3) is 5.08. The highest BCUT2D eigenvalue weighted by molar-refractivity contribution is 7.09. The van der Waals surface area contributed by atoms with Crippen molar-refractivity contribution in [1.29, 1.82) is 0 Å². The lowest BCUT2D eigenvalue weighted by Gasteiger charge is -2.31. The first-order valence-electron chi connectivity index (χ1n) is 9.43. The summed E-state index contributed by atoms with van der Waals surface area (Å²) in [6, 6.07) is 3.86. The Balaban J connectivity index is 1.53. The van der Waals surface area contributed by atoms with Crippen molar-refractivity contribution in [3.63, 3.8) is 0 Å². The van der Waals surface area contributed by atoms with Gasteiger partial charge in [-0.1, -0.05) is 18.5 Å². The van der Waals surface area contributed by atoms with Gasteiger partial charge in [0.05, 0.1) is 21.3 Å². The minimum atomic E-state index is -0.465. The summed E-state index contributed by atoms with van der Waals surface area (Å²) in [6.07, 6.45) is 2.84. The second-order valence-electron chi connectivity index (χ2n) is 6.82. The van der Waals surface area contributed by atoms with Gasteiger partial charge < -0.3 is 10.2 Å². The summed E-state index contributed by atoms with van der Waals surface area (Å²) in [7, 11) is 0. The van der Waals surface area contributed by atoms with E-state index in [9.17, 15) is 14.0 Å². The molecule has 0 bridgehead atoms. The number of likely N-dealkylation sites (tertiary alicyclic amines) is 1. The normalized spacial score (nSPS) is 14.9. The smallest absolute Gasteiger partial charge is 0.255 e. The summed E-state index contributed by atoms with van der Waals surface area (Å²) >= 11 is 7.69. The standard InChI is InChI=1S/C20H23ClFN3O2S/c1-2-18(26)23-8-5-15-12-28-19(24-15)13-6-9-25(10-7-13)20(27)16-11-14(22)3-4-17(16)21/h3-4,11-13H,2,5-10H2,1H3,(H,23,26).